The summed E-state index contributed by atoms with van der Waals surface area (Å²) in [6.07, 6.45) is 0.786. The molecule has 1 aliphatic heterocycles. The Kier molecular flexibility index (Phi) is 6.25. The van der Waals surface area contributed by atoms with E-state index in [1.807, 2.05) is 0 Å². The monoisotopic (exact) mass is 373 g/mol. The highest BCUT2D eigenvalue weighted by Crippen LogP contribution is 2.23. The van der Waals surface area contributed by atoms with E-state index in [0.29, 0.717) is 6.42 Å². The minimum atomic E-state index is -4.05. The Bertz CT molecular complexity index is 749. The average molecular weight is 373 g/mol. The first-order valence-corrected chi connectivity index (χ1v) is 9.03. The van der Waals surface area contributed by atoms with Gasteiger partial charge in [-0.1, -0.05) is 18.2 Å². The second kappa shape index (κ2) is 8.02. The molecule has 1 amide bonds. The van der Waals surface area contributed by atoms with Crippen LogP contribution in [0.2, 0.25) is 0 Å². The molecule has 1 aromatic rings. The number of halogens is 1. The normalized spacial score (nSPS) is 18.3. The smallest absolute Gasteiger partial charge is 0.280 e. The SMILES string of the molecule is CC(O)C(NS(=O)(=O)N1CC=C(c2ccc(F)cc2)CC1)C(=O)NO. The van der Waals surface area contributed by atoms with E-state index in [1.165, 1.54) is 24.5 Å². The standard InChI is InChI=1S/C15H20FN3O5S/c1-10(20)14(15(21)17-22)18-25(23,24)19-8-6-12(7-9-19)11-2-4-13(16)5-3-11/h2-6,10,14,18,20,22H,7-9H2,1H3,(H,17,21). The number of benzene rings is 1. The topological polar surface area (TPSA) is 119 Å². The minimum absolute atomic E-state index is 0.0648. The largest absolute Gasteiger partial charge is 0.391 e. The molecule has 138 valence electrons. The minimum Gasteiger partial charge on any atom is -0.391 e. The molecule has 1 heterocycles. The van der Waals surface area contributed by atoms with Crippen molar-refractivity contribution in [1.29, 1.82) is 0 Å². The van der Waals surface area contributed by atoms with Gasteiger partial charge in [-0.2, -0.15) is 17.4 Å². The fraction of sp³-hybridized carbons (Fsp3) is 0.400. The van der Waals surface area contributed by atoms with Crippen molar-refractivity contribution in [3.63, 3.8) is 0 Å². The highest BCUT2D eigenvalue weighted by Gasteiger charge is 2.32. The van der Waals surface area contributed by atoms with E-state index < -0.39 is 28.3 Å². The summed E-state index contributed by atoms with van der Waals surface area (Å²) in [5.74, 6) is -1.40. The number of hydroxylamine groups is 1. The molecule has 0 fully saturated rings. The molecule has 0 aliphatic carbocycles. The Labute approximate surface area is 145 Å². The van der Waals surface area contributed by atoms with E-state index in [4.69, 9.17) is 5.21 Å². The van der Waals surface area contributed by atoms with Gasteiger partial charge in [-0.05, 0) is 36.6 Å². The van der Waals surface area contributed by atoms with E-state index in [0.717, 1.165) is 15.4 Å². The second-order valence-electron chi connectivity index (χ2n) is 5.66. The number of carbonyl (C=O) groups excluding carboxylic acids is 1. The van der Waals surface area contributed by atoms with Crippen molar-refractivity contribution >= 4 is 21.7 Å². The van der Waals surface area contributed by atoms with Crippen LogP contribution in [0.25, 0.3) is 5.57 Å². The third-order valence-corrected chi connectivity index (χ3v) is 5.44. The molecule has 4 N–H and O–H groups in total. The molecular weight excluding hydrogens is 353 g/mol. The number of aliphatic hydroxyl groups is 1. The summed E-state index contributed by atoms with van der Waals surface area (Å²) in [5.41, 5.74) is 3.03. The van der Waals surface area contributed by atoms with E-state index in [9.17, 15) is 22.7 Å². The van der Waals surface area contributed by atoms with Crippen LogP contribution >= 0.6 is 0 Å². The van der Waals surface area contributed by atoms with Gasteiger partial charge in [0, 0.05) is 13.1 Å². The molecule has 25 heavy (non-hydrogen) atoms. The summed E-state index contributed by atoms with van der Waals surface area (Å²) in [6, 6.07) is 4.40. The van der Waals surface area contributed by atoms with E-state index in [2.05, 4.69) is 4.72 Å². The number of rotatable bonds is 6. The lowest BCUT2D eigenvalue weighted by molar-refractivity contribution is -0.133. The van der Waals surface area contributed by atoms with Crippen LogP contribution in [0.5, 0.6) is 0 Å². The molecule has 0 spiro atoms. The lowest BCUT2D eigenvalue weighted by atomic mass is 10.0. The van der Waals surface area contributed by atoms with Gasteiger partial charge in [0.2, 0.25) is 0 Å². The first-order valence-electron chi connectivity index (χ1n) is 7.59. The highest BCUT2D eigenvalue weighted by molar-refractivity contribution is 7.87. The summed E-state index contributed by atoms with van der Waals surface area (Å²) >= 11 is 0. The molecule has 2 rings (SSSR count). The highest BCUT2D eigenvalue weighted by atomic mass is 32.2. The summed E-state index contributed by atoms with van der Waals surface area (Å²) in [5, 5.41) is 18.2. The average Bonchev–Trinajstić information content (AvgIpc) is 2.59. The van der Waals surface area contributed by atoms with E-state index in [1.54, 1.807) is 18.2 Å². The van der Waals surface area contributed by atoms with Crippen LogP contribution in [-0.2, 0) is 15.0 Å². The summed E-state index contributed by atoms with van der Waals surface area (Å²) in [6.45, 7) is 1.45. The lowest BCUT2D eigenvalue weighted by Crippen LogP contribution is -2.55. The van der Waals surface area contributed by atoms with Crippen molar-refractivity contribution in [2.45, 2.75) is 25.5 Å². The molecule has 1 aliphatic rings. The van der Waals surface area contributed by atoms with Crippen LogP contribution < -0.4 is 10.2 Å². The fourth-order valence-electron chi connectivity index (χ4n) is 2.47. The van der Waals surface area contributed by atoms with Crippen LogP contribution in [0.4, 0.5) is 4.39 Å². The third kappa shape index (κ3) is 4.83. The molecule has 0 radical (unpaired) electrons. The fourth-order valence-corrected chi connectivity index (χ4v) is 3.85. The Hall–Kier alpha value is -1.85. The van der Waals surface area contributed by atoms with Gasteiger partial charge in [-0.15, -0.1) is 0 Å². The zero-order valence-corrected chi connectivity index (χ0v) is 14.3. The molecular formula is C15H20FN3O5S. The predicted molar refractivity (Wildman–Crippen MR) is 88.0 cm³/mol. The van der Waals surface area contributed by atoms with Crippen molar-refractivity contribution in [3.05, 3.63) is 41.7 Å². The van der Waals surface area contributed by atoms with Crippen molar-refractivity contribution < 1.29 is 27.9 Å². The van der Waals surface area contributed by atoms with Crippen LogP contribution in [0, 0.1) is 5.82 Å². The molecule has 0 saturated carbocycles. The zero-order valence-electron chi connectivity index (χ0n) is 13.5. The maximum Gasteiger partial charge on any atom is 0.280 e. The molecule has 2 unspecified atom stereocenters. The predicted octanol–water partition coefficient (Wildman–Crippen LogP) is 0.00400. The number of carbonyl (C=O) groups is 1. The van der Waals surface area contributed by atoms with E-state index in [-0.39, 0.29) is 18.9 Å². The maximum absolute atomic E-state index is 13.0. The second-order valence-corrected chi connectivity index (χ2v) is 7.36. The van der Waals surface area contributed by atoms with Gasteiger partial charge in [0.1, 0.15) is 11.9 Å². The molecule has 8 nitrogen and oxygen atoms in total. The van der Waals surface area contributed by atoms with Gasteiger partial charge in [0.25, 0.3) is 16.1 Å². The quantitative estimate of drug-likeness (QED) is 0.414. The molecule has 2 atom stereocenters. The van der Waals surface area contributed by atoms with Crippen LogP contribution in [0.3, 0.4) is 0 Å². The van der Waals surface area contributed by atoms with Gasteiger partial charge in [0.05, 0.1) is 6.10 Å². The van der Waals surface area contributed by atoms with Crippen molar-refractivity contribution in [2.24, 2.45) is 0 Å². The van der Waals surface area contributed by atoms with Crippen molar-refractivity contribution in [2.75, 3.05) is 13.1 Å². The Morgan fingerprint density at radius 1 is 1.32 bits per heavy atom. The lowest BCUT2D eigenvalue weighted by Gasteiger charge is -2.28. The van der Waals surface area contributed by atoms with Gasteiger partial charge >= 0.3 is 0 Å². The Balaban J connectivity index is 2.09. The van der Waals surface area contributed by atoms with E-state index >= 15 is 0 Å². The van der Waals surface area contributed by atoms with Crippen molar-refractivity contribution in [1.82, 2.24) is 14.5 Å². The number of hydrogen-bond acceptors (Lipinski definition) is 5. The molecule has 10 heteroatoms. The van der Waals surface area contributed by atoms with Crippen LogP contribution in [0.1, 0.15) is 18.9 Å². The van der Waals surface area contributed by atoms with Gasteiger partial charge in [-0.3, -0.25) is 10.0 Å². The summed E-state index contributed by atoms with van der Waals surface area (Å²) in [4.78, 5) is 11.5. The summed E-state index contributed by atoms with van der Waals surface area (Å²) < 4.78 is 40.9. The third-order valence-electron chi connectivity index (χ3n) is 3.88. The zero-order chi connectivity index (χ0) is 18.6. The number of nitrogens with zero attached hydrogens (tertiary/aromatic N) is 1. The number of nitrogens with one attached hydrogen (secondary N) is 2. The molecule has 0 saturated heterocycles. The number of amides is 1. The van der Waals surface area contributed by atoms with Crippen LogP contribution in [0.15, 0.2) is 30.3 Å². The molecule has 0 bridgehead atoms. The first-order chi connectivity index (χ1) is 11.7. The van der Waals surface area contributed by atoms with Crippen molar-refractivity contribution in [3.8, 4) is 0 Å². The maximum atomic E-state index is 13.0. The first kappa shape index (κ1) is 19.5. The molecule has 1 aromatic carbocycles. The van der Waals surface area contributed by atoms with Gasteiger partial charge in [0.15, 0.2) is 0 Å². The van der Waals surface area contributed by atoms with Crippen LogP contribution in [-0.4, -0.2) is 54.2 Å². The summed E-state index contributed by atoms with van der Waals surface area (Å²) in [7, 11) is -4.05. The number of aliphatic hydroxyl groups excluding tert-OH is 1. The molecule has 0 aromatic heterocycles. The number of hydrogen-bond donors (Lipinski definition) is 4. The van der Waals surface area contributed by atoms with Gasteiger partial charge < -0.3 is 5.11 Å². The Morgan fingerprint density at radius 2 is 1.96 bits per heavy atom. The van der Waals surface area contributed by atoms with Gasteiger partial charge in [-0.25, -0.2) is 9.87 Å². The Morgan fingerprint density at radius 3 is 2.44 bits per heavy atom.